The molecule has 1 fully saturated rings. The van der Waals surface area contributed by atoms with E-state index in [0.29, 0.717) is 6.04 Å². The van der Waals surface area contributed by atoms with E-state index < -0.39 is 0 Å². The molecule has 0 spiro atoms. The van der Waals surface area contributed by atoms with Crippen molar-refractivity contribution in [1.29, 1.82) is 0 Å². The summed E-state index contributed by atoms with van der Waals surface area (Å²) < 4.78 is 3.01. The van der Waals surface area contributed by atoms with Crippen LogP contribution in [0.5, 0.6) is 0 Å². The maximum atomic E-state index is 12.8. The summed E-state index contributed by atoms with van der Waals surface area (Å²) in [6.07, 6.45) is 1.94. The smallest absolute Gasteiger partial charge is 0.256 e. The topological polar surface area (TPSA) is 37.3 Å². The largest absolute Gasteiger partial charge is 0.350 e. The quantitative estimate of drug-likeness (QED) is 0.868. The number of carbonyl (C=O) groups is 1. The van der Waals surface area contributed by atoms with Gasteiger partial charge < -0.3 is 14.8 Å². The molecule has 2 heterocycles. The molecule has 4 nitrogen and oxygen atoms in total. The number of nitrogens with one attached hydrogen (secondary N) is 1. The van der Waals surface area contributed by atoms with Crippen LogP contribution in [-0.2, 0) is 7.05 Å². The van der Waals surface area contributed by atoms with Crippen molar-refractivity contribution in [2.75, 3.05) is 19.6 Å². The molecular weight excluding hydrogens is 318 g/mol. The van der Waals surface area contributed by atoms with Crippen molar-refractivity contribution in [3.05, 3.63) is 34.4 Å². The number of amides is 1. The lowest BCUT2D eigenvalue weighted by Crippen LogP contribution is -2.51. The standard InChI is InChI=1S/C15H18BrN3O/c1-10-8-19(6-5-17-10)15(20)13-9-18(2)14-4-3-11(16)7-12(13)14/h3-4,7,9-10,17H,5-6,8H2,1-2H3. The van der Waals surface area contributed by atoms with Crippen molar-refractivity contribution < 1.29 is 4.79 Å². The summed E-state index contributed by atoms with van der Waals surface area (Å²) >= 11 is 3.49. The molecule has 1 amide bonds. The van der Waals surface area contributed by atoms with Crippen LogP contribution in [0.4, 0.5) is 0 Å². The average molecular weight is 336 g/mol. The number of nitrogens with zero attached hydrogens (tertiary/aromatic N) is 2. The van der Waals surface area contributed by atoms with Crippen LogP contribution in [0.2, 0.25) is 0 Å². The molecular formula is C15H18BrN3O. The maximum absolute atomic E-state index is 12.8. The third kappa shape index (κ3) is 2.36. The number of halogens is 1. The lowest BCUT2D eigenvalue weighted by Gasteiger charge is -2.31. The van der Waals surface area contributed by atoms with Gasteiger partial charge >= 0.3 is 0 Å². The average Bonchev–Trinajstić information content (AvgIpc) is 2.74. The first-order valence-electron chi connectivity index (χ1n) is 6.83. The summed E-state index contributed by atoms with van der Waals surface area (Å²) in [7, 11) is 1.98. The summed E-state index contributed by atoms with van der Waals surface area (Å²) in [5.41, 5.74) is 1.87. The van der Waals surface area contributed by atoms with E-state index in [1.165, 1.54) is 0 Å². The molecule has 1 aliphatic rings. The molecule has 0 aliphatic carbocycles. The van der Waals surface area contributed by atoms with Crippen LogP contribution < -0.4 is 5.32 Å². The number of rotatable bonds is 1. The third-order valence-corrected chi connectivity index (χ3v) is 4.33. The Morgan fingerprint density at radius 2 is 2.25 bits per heavy atom. The molecule has 0 radical (unpaired) electrons. The lowest BCUT2D eigenvalue weighted by molar-refractivity contribution is 0.0711. The SMILES string of the molecule is CC1CN(C(=O)c2cn(C)c3ccc(Br)cc23)CCN1. The molecule has 1 atom stereocenters. The van der Waals surface area contributed by atoms with Gasteiger partial charge in [-0.2, -0.15) is 0 Å². The number of hydrogen-bond acceptors (Lipinski definition) is 2. The van der Waals surface area contributed by atoms with Gasteiger partial charge in [-0.05, 0) is 25.1 Å². The Balaban J connectivity index is 2.01. The Labute approximate surface area is 126 Å². The molecule has 20 heavy (non-hydrogen) atoms. The predicted octanol–water partition coefficient (Wildman–Crippen LogP) is 2.37. The number of piperazine rings is 1. The highest BCUT2D eigenvalue weighted by molar-refractivity contribution is 9.10. The predicted molar refractivity (Wildman–Crippen MR) is 84.0 cm³/mol. The Morgan fingerprint density at radius 1 is 1.45 bits per heavy atom. The van der Waals surface area contributed by atoms with E-state index in [-0.39, 0.29) is 5.91 Å². The van der Waals surface area contributed by atoms with Crippen molar-refractivity contribution in [1.82, 2.24) is 14.8 Å². The highest BCUT2D eigenvalue weighted by Gasteiger charge is 2.24. The second-order valence-electron chi connectivity index (χ2n) is 5.42. The van der Waals surface area contributed by atoms with E-state index >= 15 is 0 Å². The summed E-state index contributed by atoms with van der Waals surface area (Å²) in [5.74, 6) is 0.127. The second kappa shape index (κ2) is 5.22. The van der Waals surface area contributed by atoms with Crippen molar-refractivity contribution in [3.63, 3.8) is 0 Å². The van der Waals surface area contributed by atoms with Gasteiger partial charge in [0.15, 0.2) is 0 Å². The van der Waals surface area contributed by atoms with E-state index in [1.54, 1.807) is 0 Å². The van der Waals surface area contributed by atoms with Gasteiger partial charge in [0.1, 0.15) is 0 Å². The molecule has 1 N–H and O–H groups in total. The van der Waals surface area contributed by atoms with Gasteiger partial charge in [-0.3, -0.25) is 4.79 Å². The number of aromatic nitrogens is 1. The monoisotopic (exact) mass is 335 g/mol. The van der Waals surface area contributed by atoms with E-state index in [2.05, 4.69) is 28.2 Å². The molecule has 1 saturated heterocycles. The number of aryl methyl sites for hydroxylation is 1. The van der Waals surface area contributed by atoms with E-state index in [9.17, 15) is 4.79 Å². The molecule has 2 aromatic rings. The van der Waals surface area contributed by atoms with Gasteiger partial charge in [0.25, 0.3) is 5.91 Å². The lowest BCUT2D eigenvalue weighted by atomic mass is 10.1. The van der Waals surface area contributed by atoms with Crippen LogP contribution in [0.25, 0.3) is 10.9 Å². The fourth-order valence-electron chi connectivity index (χ4n) is 2.82. The van der Waals surface area contributed by atoms with Gasteiger partial charge in [-0.1, -0.05) is 15.9 Å². The Morgan fingerprint density at radius 3 is 3.00 bits per heavy atom. The van der Waals surface area contributed by atoms with E-state index in [4.69, 9.17) is 0 Å². The number of benzene rings is 1. The zero-order valence-electron chi connectivity index (χ0n) is 11.7. The molecule has 0 bridgehead atoms. The Hall–Kier alpha value is -1.33. The zero-order chi connectivity index (χ0) is 14.3. The van der Waals surface area contributed by atoms with Crippen LogP contribution in [-0.4, -0.2) is 41.1 Å². The van der Waals surface area contributed by atoms with Crippen LogP contribution in [0.3, 0.4) is 0 Å². The molecule has 1 aromatic heterocycles. The fourth-order valence-corrected chi connectivity index (χ4v) is 3.18. The van der Waals surface area contributed by atoms with Crippen LogP contribution in [0, 0.1) is 0 Å². The summed E-state index contributed by atoms with van der Waals surface area (Å²) in [5, 5.41) is 4.38. The number of fused-ring (bicyclic) bond motifs is 1. The minimum Gasteiger partial charge on any atom is -0.350 e. The second-order valence-corrected chi connectivity index (χ2v) is 6.34. The molecule has 106 valence electrons. The van der Waals surface area contributed by atoms with Crippen molar-refractivity contribution in [2.45, 2.75) is 13.0 Å². The first-order chi connectivity index (χ1) is 9.56. The highest BCUT2D eigenvalue weighted by Crippen LogP contribution is 2.25. The van der Waals surface area contributed by atoms with Gasteiger partial charge in [-0.25, -0.2) is 0 Å². The number of hydrogen-bond donors (Lipinski definition) is 1. The van der Waals surface area contributed by atoms with Crippen LogP contribution in [0.15, 0.2) is 28.9 Å². The first kappa shape index (κ1) is 13.6. The van der Waals surface area contributed by atoms with Gasteiger partial charge in [0.2, 0.25) is 0 Å². The molecule has 5 heteroatoms. The van der Waals surface area contributed by atoms with Gasteiger partial charge in [0.05, 0.1) is 5.56 Å². The first-order valence-corrected chi connectivity index (χ1v) is 7.63. The highest BCUT2D eigenvalue weighted by atomic mass is 79.9. The molecule has 1 aliphatic heterocycles. The van der Waals surface area contributed by atoms with Crippen molar-refractivity contribution in [2.24, 2.45) is 7.05 Å². The van der Waals surface area contributed by atoms with Crippen LogP contribution >= 0.6 is 15.9 Å². The molecule has 0 saturated carbocycles. The summed E-state index contributed by atoms with van der Waals surface area (Å²) in [6.45, 7) is 4.51. The van der Waals surface area contributed by atoms with Gasteiger partial charge in [-0.15, -0.1) is 0 Å². The Kier molecular flexibility index (Phi) is 3.56. The molecule has 1 aromatic carbocycles. The maximum Gasteiger partial charge on any atom is 0.256 e. The van der Waals surface area contributed by atoms with Crippen molar-refractivity contribution in [3.8, 4) is 0 Å². The summed E-state index contributed by atoms with van der Waals surface area (Å²) in [6, 6.07) is 6.42. The zero-order valence-corrected chi connectivity index (χ0v) is 13.3. The number of carbonyl (C=O) groups excluding carboxylic acids is 1. The minimum absolute atomic E-state index is 0.127. The van der Waals surface area contributed by atoms with E-state index in [1.807, 2.05) is 40.9 Å². The normalized spacial score (nSPS) is 19.6. The molecule has 3 rings (SSSR count). The van der Waals surface area contributed by atoms with Crippen LogP contribution in [0.1, 0.15) is 17.3 Å². The Bertz CT molecular complexity index is 664. The fraction of sp³-hybridized carbons (Fsp3) is 0.400. The minimum atomic E-state index is 0.127. The third-order valence-electron chi connectivity index (χ3n) is 3.84. The van der Waals surface area contributed by atoms with Gasteiger partial charge in [0, 0.05) is 54.3 Å². The van der Waals surface area contributed by atoms with Crippen molar-refractivity contribution >= 4 is 32.7 Å². The van der Waals surface area contributed by atoms with E-state index in [0.717, 1.165) is 40.6 Å². The molecule has 1 unspecified atom stereocenters. The summed E-state index contributed by atoms with van der Waals surface area (Å²) in [4.78, 5) is 14.7.